The Morgan fingerprint density at radius 3 is 1.42 bits per heavy atom. The van der Waals surface area contributed by atoms with Gasteiger partial charge in [0.05, 0.1) is 0 Å². The molecule has 0 unspecified atom stereocenters. The highest BCUT2D eigenvalue weighted by Crippen LogP contribution is 2.29. The minimum atomic E-state index is -2.40. The summed E-state index contributed by atoms with van der Waals surface area (Å²) in [4.78, 5) is 0. The first-order chi connectivity index (χ1) is 8.74. The highest BCUT2D eigenvalue weighted by atomic mass is 35.6. The van der Waals surface area contributed by atoms with Gasteiger partial charge in [-0.05, 0) is 33.7 Å². The third-order valence-electron chi connectivity index (χ3n) is 1.78. The van der Waals surface area contributed by atoms with Crippen LogP contribution in [0.15, 0.2) is 0 Å². The van der Waals surface area contributed by atoms with Crippen LogP contribution in [0, 0.1) is 0 Å². The highest BCUT2D eigenvalue weighted by Gasteiger charge is 2.39. The van der Waals surface area contributed by atoms with Gasteiger partial charge < -0.3 is 19.0 Å². The number of alkyl halides is 4. The first-order valence-corrected chi connectivity index (χ1v) is 9.56. The average molecular weight is 375 g/mol. The Bertz CT molecular complexity index is 185. The van der Waals surface area contributed by atoms with E-state index < -0.39 is 12.1 Å². The van der Waals surface area contributed by atoms with Crippen LogP contribution in [0.2, 0.25) is 6.04 Å². The monoisotopic (exact) mass is 373 g/mol. The maximum Gasteiger partial charge on any atom is 0.500 e. The standard InChI is InChI=1S/C9H23NO3Si.CCl4/c1-4-11-14(12-5-2,13-6-3)9-7-8-10;2-1(3,4)5/h4-10H2,1-3H3;. The van der Waals surface area contributed by atoms with Crippen LogP contribution >= 0.6 is 46.4 Å². The Balaban J connectivity index is 0. The summed E-state index contributed by atoms with van der Waals surface area (Å²) in [5.74, 6) is 0. The minimum absolute atomic E-state index is 0.636. The second kappa shape index (κ2) is 12.9. The lowest BCUT2D eigenvalue weighted by Gasteiger charge is -2.28. The molecule has 19 heavy (non-hydrogen) atoms. The molecule has 0 heterocycles. The van der Waals surface area contributed by atoms with Crippen molar-refractivity contribution in [3.05, 3.63) is 0 Å². The molecule has 0 aromatic rings. The van der Waals surface area contributed by atoms with E-state index >= 15 is 0 Å². The number of rotatable bonds is 9. The molecule has 0 fully saturated rings. The number of halogens is 4. The van der Waals surface area contributed by atoms with Crippen molar-refractivity contribution in [3.63, 3.8) is 0 Å². The predicted molar refractivity (Wildman–Crippen MR) is 85.3 cm³/mol. The topological polar surface area (TPSA) is 53.7 Å². The molecule has 2 N–H and O–H groups in total. The summed E-state index contributed by atoms with van der Waals surface area (Å²) in [5, 5.41) is 0. The predicted octanol–water partition coefficient (Wildman–Crippen LogP) is 3.94. The first-order valence-electron chi connectivity index (χ1n) is 6.12. The van der Waals surface area contributed by atoms with Gasteiger partial charge in [0.2, 0.25) is 0 Å². The van der Waals surface area contributed by atoms with Crippen molar-refractivity contribution in [1.82, 2.24) is 0 Å². The number of hydrogen-bond acceptors (Lipinski definition) is 4. The van der Waals surface area contributed by atoms with Crippen molar-refractivity contribution < 1.29 is 13.3 Å². The van der Waals surface area contributed by atoms with E-state index in [2.05, 4.69) is 0 Å². The van der Waals surface area contributed by atoms with Crippen molar-refractivity contribution in [3.8, 4) is 0 Å². The van der Waals surface area contributed by atoms with E-state index in [1.54, 1.807) is 0 Å². The Labute approximate surface area is 137 Å². The molecule has 4 nitrogen and oxygen atoms in total. The molecular formula is C10H23Cl4NO3Si. The molecule has 0 amide bonds. The van der Waals surface area contributed by atoms with Crippen LogP contribution in [0.5, 0.6) is 0 Å². The van der Waals surface area contributed by atoms with E-state index in [4.69, 9.17) is 65.4 Å². The fourth-order valence-electron chi connectivity index (χ4n) is 1.32. The first kappa shape index (κ1) is 22.5. The fourth-order valence-corrected chi connectivity index (χ4v) is 3.96. The number of nitrogens with two attached hydrogens (primary N) is 1. The van der Waals surface area contributed by atoms with Crippen molar-refractivity contribution in [1.29, 1.82) is 0 Å². The highest BCUT2D eigenvalue weighted by molar-refractivity contribution is 6.83. The molecule has 0 aliphatic heterocycles. The van der Waals surface area contributed by atoms with Gasteiger partial charge in [0.1, 0.15) is 0 Å². The van der Waals surface area contributed by atoms with Crippen molar-refractivity contribution in [2.45, 2.75) is 36.5 Å². The normalized spacial score (nSPS) is 12.0. The van der Waals surface area contributed by atoms with Gasteiger partial charge in [-0.2, -0.15) is 0 Å². The SMILES string of the molecule is CCO[Si](CCCN)(OCC)OCC.ClC(Cl)(Cl)Cl. The molecule has 0 aliphatic carbocycles. The average Bonchev–Trinajstić information content (AvgIpc) is 2.25. The van der Waals surface area contributed by atoms with Crippen LogP contribution in [-0.4, -0.2) is 38.4 Å². The molecule has 0 aliphatic rings. The molecule has 118 valence electrons. The molecule has 0 saturated heterocycles. The van der Waals surface area contributed by atoms with Gasteiger partial charge in [0.15, 0.2) is 0 Å². The third kappa shape index (κ3) is 17.2. The summed E-state index contributed by atoms with van der Waals surface area (Å²) in [6, 6.07) is 0.818. The van der Waals surface area contributed by atoms with Crippen LogP contribution in [0.4, 0.5) is 0 Å². The molecule has 0 atom stereocenters. The van der Waals surface area contributed by atoms with E-state index in [0.29, 0.717) is 26.4 Å². The Morgan fingerprint density at radius 1 is 0.895 bits per heavy atom. The Hall–Kier alpha value is 1.22. The molecule has 0 bridgehead atoms. The quantitative estimate of drug-likeness (QED) is 0.490. The second-order valence-corrected chi connectivity index (χ2v) is 9.46. The summed E-state index contributed by atoms with van der Waals surface area (Å²) in [5.41, 5.74) is 5.48. The minimum Gasteiger partial charge on any atom is -0.374 e. The zero-order chi connectivity index (χ0) is 15.4. The lowest BCUT2D eigenvalue weighted by atomic mass is 10.5. The molecule has 0 aromatic heterocycles. The second-order valence-electron chi connectivity index (χ2n) is 3.30. The zero-order valence-corrected chi connectivity index (χ0v) is 15.6. The largest absolute Gasteiger partial charge is 0.500 e. The van der Waals surface area contributed by atoms with Gasteiger partial charge in [0.25, 0.3) is 3.25 Å². The summed E-state index contributed by atoms with van der Waals surface area (Å²) >= 11 is 19.3. The molecule has 0 saturated carbocycles. The van der Waals surface area contributed by atoms with Crippen LogP contribution < -0.4 is 5.73 Å². The van der Waals surface area contributed by atoms with Gasteiger partial charge >= 0.3 is 8.80 Å². The smallest absolute Gasteiger partial charge is 0.374 e. The summed E-state index contributed by atoms with van der Waals surface area (Å²) in [7, 11) is -2.40. The van der Waals surface area contributed by atoms with Gasteiger partial charge in [-0.1, -0.05) is 46.4 Å². The van der Waals surface area contributed by atoms with Gasteiger partial charge in [-0.25, -0.2) is 0 Å². The summed E-state index contributed by atoms with van der Waals surface area (Å²) < 4.78 is 15.3. The summed E-state index contributed by atoms with van der Waals surface area (Å²) in [6.45, 7) is 8.44. The van der Waals surface area contributed by atoms with E-state index in [-0.39, 0.29) is 0 Å². The van der Waals surface area contributed by atoms with Gasteiger partial charge in [0, 0.05) is 25.9 Å². The molecule has 9 heteroatoms. The van der Waals surface area contributed by atoms with Crippen LogP contribution in [0.25, 0.3) is 0 Å². The van der Waals surface area contributed by atoms with Crippen LogP contribution in [0.1, 0.15) is 27.2 Å². The lowest BCUT2D eigenvalue weighted by Crippen LogP contribution is -2.46. The lowest BCUT2D eigenvalue weighted by molar-refractivity contribution is 0.0710. The van der Waals surface area contributed by atoms with Crippen LogP contribution in [0.3, 0.4) is 0 Å². The molecule has 0 rings (SSSR count). The van der Waals surface area contributed by atoms with Crippen molar-refractivity contribution in [2.24, 2.45) is 5.73 Å². The van der Waals surface area contributed by atoms with Gasteiger partial charge in [-0.15, -0.1) is 0 Å². The van der Waals surface area contributed by atoms with Gasteiger partial charge in [-0.3, -0.25) is 0 Å². The van der Waals surface area contributed by atoms with Crippen molar-refractivity contribution >= 4 is 55.2 Å². The van der Waals surface area contributed by atoms with E-state index in [1.807, 2.05) is 20.8 Å². The molecule has 0 radical (unpaired) electrons. The summed E-state index contributed by atoms with van der Waals surface area (Å²) in [6.07, 6.45) is 0.895. The maximum absolute atomic E-state index is 5.65. The van der Waals surface area contributed by atoms with E-state index in [1.165, 1.54) is 0 Å². The Morgan fingerprint density at radius 2 is 1.21 bits per heavy atom. The van der Waals surface area contributed by atoms with E-state index in [0.717, 1.165) is 12.5 Å². The Kier molecular flexibility index (Phi) is 15.3. The third-order valence-corrected chi connectivity index (χ3v) is 4.93. The maximum atomic E-state index is 5.65. The zero-order valence-electron chi connectivity index (χ0n) is 11.6. The fraction of sp³-hybridized carbons (Fsp3) is 1.00. The molecule has 0 spiro atoms. The number of hydrogen-bond donors (Lipinski definition) is 1. The van der Waals surface area contributed by atoms with E-state index in [9.17, 15) is 0 Å². The molecule has 0 aromatic carbocycles. The van der Waals surface area contributed by atoms with Crippen LogP contribution in [-0.2, 0) is 13.3 Å². The molecular weight excluding hydrogens is 352 g/mol. The van der Waals surface area contributed by atoms with Crippen molar-refractivity contribution in [2.75, 3.05) is 26.4 Å².